The van der Waals surface area contributed by atoms with Crippen LogP contribution in [0, 0.1) is 5.92 Å². The van der Waals surface area contributed by atoms with Crippen molar-refractivity contribution in [3.8, 4) is 0 Å². The van der Waals surface area contributed by atoms with Crippen LogP contribution in [0.25, 0.3) is 0 Å². The molecule has 0 bridgehead atoms. The summed E-state index contributed by atoms with van der Waals surface area (Å²) in [4.78, 5) is 50.7. The first-order valence-corrected chi connectivity index (χ1v) is 10.7. The summed E-state index contributed by atoms with van der Waals surface area (Å²) in [5, 5.41) is 21.6. The smallest absolute Gasteiger partial charge is 0.327 e. The molecular weight excluding hydrogens is 390 g/mol. The fourth-order valence-electron chi connectivity index (χ4n) is 4.30. The van der Waals surface area contributed by atoms with Crippen LogP contribution in [-0.2, 0) is 14.4 Å². The van der Waals surface area contributed by atoms with Crippen molar-refractivity contribution in [3.63, 3.8) is 0 Å². The van der Waals surface area contributed by atoms with E-state index in [1.807, 2.05) is 0 Å². The molecule has 2 fully saturated rings. The third-order valence-corrected chi connectivity index (χ3v) is 6.21. The number of nitrogens with one attached hydrogen (secondary N) is 1. The second-order valence-electron chi connectivity index (χ2n) is 8.40. The molecule has 3 amide bonds. The van der Waals surface area contributed by atoms with Gasteiger partial charge < -0.3 is 20.4 Å². The lowest BCUT2D eigenvalue weighted by Crippen LogP contribution is -2.51. The van der Waals surface area contributed by atoms with Crippen LogP contribution >= 0.6 is 0 Å². The summed E-state index contributed by atoms with van der Waals surface area (Å²) in [6.45, 7) is 1.49. The van der Waals surface area contributed by atoms with Crippen molar-refractivity contribution in [3.05, 3.63) is 11.5 Å². The average Bonchev–Trinajstić information content (AvgIpc) is 2.73. The SMILES string of the molecule is CC1CCC(N(C)C(=O)N(/C(O)=C(\C=O)C(=O)NCC(=O)O)C2CCCCC2)CC1. The summed E-state index contributed by atoms with van der Waals surface area (Å²) in [5.74, 6) is -2.39. The molecule has 0 radical (unpaired) electrons. The Hall–Kier alpha value is -2.58. The molecule has 0 heterocycles. The summed E-state index contributed by atoms with van der Waals surface area (Å²) in [6.07, 6.45) is 8.05. The number of carboxylic acid groups (broad SMARTS) is 1. The molecule has 0 aromatic carbocycles. The highest BCUT2D eigenvalue weighted by molar-refractivity contribution is 6.11. The summed E-state index contributed by atoms with van der Waals surface area (Å²) < 4.78 is 0. The van der Waals surface area contributed by atoms with E-state index in [-0.39, 0.29) is 18.4 Å². The van der Waals surface area contributed by atoms with Crippen molar-refractivity contribution in [1.29, 1.82) is 0 Å². The highest BCUT2D eigenvalue weighted by Crippen LogP contribution is 2.30. The molecule has 9 nitrogen and oxygen atoms in total. The Labute approximate surface area is 177 Å². The van der Waals surface area contributed by atoms with E-state index in [4.69, 9.17) is 5.11 Å². The first-order chi connectivity index (χ1) is 14.3. The zero-order valence-electron chi connectivity index (χ0n) is 17.8. The molecule has 0 saturated heterocycles. The highest BCUT2D eigenvalue weighted by Gasteiger charge is 2.36. The topological polar surface area (TPSA) is 127 Å². The van der Waals surface area contributed by atoms with Crippen LogP contribution in [-0.4, -0.2) is 69.9 Å². The van der Waals surface area contributed by atoms with Crippen LogP contribution in [0.15, 0.2) is 11.5 Å². The maximum atomic E-state index is 13.4. The van der Waals surface area contributed by atoms with E-state index in [9.17, 15) is 24.3 Å². The van der Waals surface area contributed by atoms with Crippen LogP contribution in [0.4, 0.5) is 4.79 Å². The zero-order chi connectivity index (χ0) is 22.3. The van der Waals surface area contributed by atoms with Crippen molar-refractivity contribution in [1.82, 2.24) is 15.1 Å². The molecule has 0 spiro atoms. The summed E-state index contributed by atoms with van der Waals surface area (Å²) >= 11 is 0. The monoisotopic (exact) mass is 423 g/mol. The third kappa shape index (κ3) is 5.96. The fourth-order valence-corrected chi connectivity index (χ4v) is 4.30. The number of carboxylic acids is 1. The number of rotatable bonds is 7. The van der Waals surface area contributed by atoms with Crippen molar-refractivity contribution in [2.45, 2.75) is 76.8 Å². The first-order valence-electron chi connectivity index (χ1n) is 10.7. The number of aldehydes is 1. The van der Waals surface area contributed by atoms with Gasteiger partial charge in [0.05, 0.1) is 0 Å². The van der Waals surface area contributed by atoms with Gasteiger partial charge >= 0.3 is 12.0 Å². The van der Waals surface area contributed by atoms with Gasteiger partial charge in [-0.15, -0.1) is 0 Å². The molecular formula is C21H33N3O6. The van der Waals surface area contributed by atoms with Gasteiger partial charge in [0, 0.05) is 19.1 Å². The third-order valence-electron chi connectivity index (χ3n) is 6.21. The Kier molecular flexibility index (Phi) is 8.68. The largest absolute Gasteiger partial charge is 0.494 e. The maximum absolute atomic E-state index is 13.4. The molecule has 2 aliphatic rings. The van der Waals surface area contributed by atoms with Crippen molar-refractivity contribution in [2.24, 2.45) is 5.92 Å². The molecule has 0 aromatic rings. The predicted octanol–water partition coefficient (Wildman–Crippen LogP) is 2.42. The minimum absolute atomic E-state index is 0.0353. The number of carbonyl (C=O) groups is 4. The summed E-state index contributed by atoms with van der Waals surface area (Å²) in [7, 11) is 1.69. The summed E-state index contributed by atoms with van der Waals surface area (Å²) in [5.41, 5.74) is -0.638. The van der Waals surface area contributed by atoms with Crippen LogP contribution in [0.3, 0.4) is 0 Å². The second kappa shape index (κ2) is 11.0. The van der Waals surface area contributed by atoms with E-state index in [0.29, 0.717) is 18.8 Å². The van der Waals surface area contributed by atoms with Gasteiger partial charge in [-0.25, -0.2) is 4.79 Å². The van der Waals surface area contributed by atoms with Crippen molar-refractivity contribution < 1.29 is 29.4 Å². The molecule has 30 heavy (non-hydrogen) atoms. The molecule has 2 rings (SSSR count). The molecule has 0 atom stereocenters. The van der Waals surface area contributed by atoms with Gasteiger partial charge in [-0.2, -0.15) is 0 Å². The van der Waals surface area contributed by atoms with Crippen molar-refractivity contribution in [2.75, 3.05) is 13.6 Å². The number of urea groups is 1. The fraction of sp³-hybridized carbons (Fsp3) is 0.714. The number of aliphatic hydroxyl groups is 1. The zero-order valence-corrected chi connectivity index (χ0v) is 17.8. The molecule has 0 unspecified atom stereocenters. The second-order valence-corrected chi connectivity index (χ2v) is 8.40. The number of aliphatic carboxylic acids is 1. The Morgan fingerprint density at radius 1 is 0.967 bits per heavy atom. The van der Waals surface area contributed by atoms with Gasteiger partial charge in [0.15, 0.2) is 6.29 Å². The van der Waals surface area contributed by atoms with E-state index >= 15 is 0 Å². The van der Waals surface area contributed by atoms with Gasteiger partial charge in [-0.3, -0.25) is 19.3 Å². The number of aliphatic hydroxyl groups excluding tert-OH is 1. The van der Waals surface area contributed by atoms with Crippen LogP contribution in [0.2, 0.25) is 0 Å². The first kappa shape index (κ1) is 23.7. The lowest BCUT2D eigenvalue weighted by Gasteiger charge is -2.40. The molecule has 9 heteroatoms. The van der Waals surface area contributed by atoms with Crippen LogP contribution in [0.1, 0.15) is 64.7 Å². The van der Waals surface area contributed by atoms with E-state index < -0.39 is 35.9 Å². The van der Waals surface area contributed by atoms with E-state index in [2.05, 4.69) is 12.2 Å². The average molecular weight is 424 g/mol. The lowest BCUT2D eigenvalue weighted by atomic mass is 9.87. The number of hydrogen-bond donors (Lipinski definition) is 3. The Balaban J connectivity index is 2.30. The lowest BCUT2D eigenvalue weighted by molar-refractivity contribution is -0.137. The minimum Gasteiger partial charge on any atom is -0.494 e. The van der Waals surface area contributed by atoms with E-state index in [0.717, 1.165) is 44.9 Å². The normalized spacial score (nSPS) is 23.1. The number of amides is 3. The number of carbonyl (C=O) groups excluding carboxylic acids is 3. The van der Waals surface area contributed by atoms with Crippen molar-refractivity contribution >= 4 is 24.2 Å². The molecule has 2 saturated carbocycles. The molecule has 3 N–H and O–H groups in total. The summed E-state index contributed by atoms with van der Waals surface area (Å²) in [6, 6.07) is -0.726. The predicted molar refractivity (Wildman–Crippen MR) is 110 cm³/mol. The van der Waals surface area contributed by atoms with Gasteiger partial charge in [0.2, 0.25) is 5.88 Å². The number of nitrogens with zero attached hydrogens (tertiary/aromatic N) is 2. The van der Waals surface area contributed by atoms with Gasteiger partial charge in [0.1, 0.15) is 12.1 Å². The minimum atomic E-state index is -1.28. The van der Waals surface area contributed by atoms with E-state index in [1.165, 1.54) is 4.90 Å². The quantitative estimate of drug-likeness (QED) is 0.190. The number of hydrogen-bond acceptors (Lipinski definition) is 5. The van der Waals surface area contributed by atoms with Gasteiger partial charge in [-0.1, -0.05) is 26.2 Å². The molecule has 168 valence electrons. The Morgan fingerprint density at radius 3 is 2.10 bits per heavy atom. The Bertz CT molecular complexity index is 678. The van der Waals surface area contributed by atoms with E-state index in [1.54, 1.807) is 11.9 Å². The van der Waals surface area contributed by atoms with Crippen LogP contribution in [0.5, 0.6) is 0 Å². The Morgan fingerprint density at radius 2 is 1.57 bits per heavy atom. The molecule has 0 aliphatic heterocycles. The van der Waals surface area contributed by atoms with Crippen LogP contribution < -0.4 is 5.32 Å². The molecule has 2 aliphatic carbocycles. The highest BCUT2D eigenvalue weighted by atomic mass is 16.4. The van der Waals surface area contributed by atoms with Gasteiger partial charge in [0.25, 0.3) is 5.91 Å². The molecule has 0 aromatic heterocycles. The van der Waals surface area contributed by atoms with Gasteiger partial charge in [-0.05, 0) is 44.4 Å². The maximum Gasteiger partial charge on any atom is 0.327 e. The standard InChI is InChI=1S/C21H33N3O6/c1-14-8-10-15(11-9-14)23(2)21(30)24(16-6-4-3-5-7-16)20(29)17(13-25)19(28)22-12-18(26)27/h13-16,29H,3-12H2,1-2H3,(H,22,28)(H,26,27)/b20-17-.